The van der Waals surface area contributed by atoms with Gasteiger partial charge >= 0.3 is 0 Å². The van der Waals surface area contributed by atoms with Gasteiger partial charge in [0.1, 0.15) is 11.6 Å². The Morgan fingerprint density at radius 1 is 0.244 bits per heavy atom. The molecule has 16 aromatic rings. The fourth-order valence-electron chi connectivity index (χ4n) is 12.7. The fraction of sp³-hybridized carbons (Fsp3) is 0. The molecule has 0 aliphatic rings. The zero-order valence-corrected chi connectivity index (χ0v) is 48.4. The van der Waals surface area contributed by atoms with Crippen molar-refractivity contribution in [2.45, 2.75) is 0 Å². The second-order valence-electron chi connectivity index (χ2n) is 22.4. The third-order valence-electron chi connectivity index (χ3n) is 17.0. The SMILES string of the molecule is N#Cc1cccc(-c2ccc(-n3c4cc(-c5cccc(-c6ccccc6)n5)ccc4c4ccc(-c5cccc(-c6ccccc6)n5)cc43)c(C#N)c2-n2c3cc(-c4cccc(-c5ccccc5)n4)ccc3c3ccc(-c4cccc(-c5ccccc5)n4)cc32)c1. The Morgan fingerprint density at radius 2 is 0.556 bits per heavy atom. The molecule has 0 atom stereocenters. The number of hydrogen-bond donors (Lipinski definition) is 0. The van der Waals surface area contributed by atoms with Crippen LogP contribution in [-0.4, -0.2) is 29.1 Å². The molecule has 6 heterocycles. The lowest BCUT2D eigenvalue weighted by atomic mass is 9.96. The minimum absolute atomic E-state index is 0.417. The third kappa shape index (κ3) is 9.42. The largest absolute Gasteiger partial charge is 0.308 e. The molecule has 0 fully saturated rings. The van der Waals surface area contributed by atoms with Crippen molar-refractivity contribution in [3.63, 3.8) is 0 Å². The Bertz CT molecular complexity index is 5280. The summed E-state index contributed by atoms with van der Waals surface area (Å²) in [4.78, 5) is 21.1. The van der Waals surface area contributed by atoms with Gasteiger partial charge in [0.2, 0.25) is 0 Å². The van der Waals surface area contributed by atoms with Crippen molar-refractivity contribution in [1.29, 1.82) is 10.5 Å². The van der Waals surface area contributed by atoms with Gasteiger partial charge in [-0.1, -0.05) is 212 Å². The van der Waals surface area contributed by atoms with Gasteiger partial charge in [-0.25, -0.2) is 19.9 Å². The molecule has 0 radical (unpaired) electrons. The lowest BCUT2D eigenvalue weighted by Gasteiger charge is -2.20. The lowest BCUT2D eigenvalue weighted by Crippen LogP contribution is -2.07. The molecule has 0 aliphatic carbocycles. The summed E-state index contributed by atoms with van der Waals surface area (Å²) in [6, 6.07) is 109. The molecule has 6 aromatic heterocycles. The molecule has 10 aromatic carbocycles. The standard InChI is InChI=1S/C82H50N8/c83-51-53-18-13-27-58(46-53)63-44-45-77(89-78-47-59(73-32-14-28-69(85-73)54-19-5-1-6-20-54)36-40-64(78)65-41-37-60(48-79(65)89)74-33-15-29-70(86-74)55-21-7-2-8-22-55)68(52-84)82(63)90-80-49-61(75-34-16-30-71(87-75)56-23-9-3-10-24-56)38-42-66(80)67-43-39-62(50-81(67)90)76-35-17-31-72(88-76)57-25-11-4-12-26-57/h1-50H. The molecule has 0 spiro atoms. The Kier molecular flexibility index (Phi) is 13.1. The highest BCUT2D eigenvalue weighted by molar-refractivity contribution is 6.14. The van der Waals surface area contributed by atoms with Crippen LogP contribution in [0.4, 0.5) is 0 Å². The number of fused-ring (bicyclic) bond motifs is 6. The van der Waals surface area contributed by atoms with Crippen molar-refractivity contribution in [2.75, 3.05) is 0 Å². The van der Waals surface area contributed by atoms with Gasteiger partial charge in [0.15, 0.2) is 0 Å². The van der Waals surface area contributed by atoms with Gasteiger partial charge in [-0.05, 0) is 96.6 Å². The number of nitrogens with zero attached hydrogens (tertiary/aromatic N) is 8. The second-order valence-corrected chi connectivity index (χ2v) is 22.4. The number of aromatic nitrogens is 6. The summed E-state index contributed by atoms with van der Waals surface area (Å²) in [6.07, 6.45) is 0. The van der Waals surface area contributed by atoms with E-state index in [1.165, 1.54) is 0 Å². The number of hydrogen-bond acceptors (Lipinski definition) is 6. The lowest BCUT2D eigenvalue weighted by molar-refractivity contribution is 1.12. The first-order chi connectivity index (χ1) is 44.5. The number of nitriles is 2. The first-order valence-corrected chi connectivity index (χ1v) is 29.9. The van der Waals surface area contributed by atoms with Gasteiger partial charge in [-0.15, -0.1) is 0 Å². The van der Waals surface area contributed by atoms with Crippen LogP contribution < -0.4 is 0 Å². The third-order valence-corrected chi connectivity index (χ3v) is 17.0. The summed E-state index contributed by atoms with van der Waals surface area (Å²) >= 11 is 0. The van der Waals surface area contributed by atoms with E-state index in [4.69, 9.17) is 19.9 Å². The van der Waals surface area contributed by atoms with Crippen LogP contribution in [-0.2, 0) is 0 Å². The minimum Gasteiger partial charge on any atom is -0.308 e. The summed E-state index contributed by atoms with van der Waals surface area (Å²) in [5.74, 6) is 0. The van der Waals surface area contributed by atoms with E-state index in [0.717, 1.165) is 145 Å². The molecule has 8 nitrogen and oxygen atoms in total. The van der Waals surface area contributed by atoms with Crippen LogP contribution in [0, 0.1) is 22.7 Å². The van der Waals surface area contributed by atoms with Crippen molar-refractivity contribution >= 4 is 43.6 Å². The molecule has 8 heteroatoms. The molecule has 16 rings (SSSR count). The second kappa shape index (κ2) is 22.3. The van der Waals surface area contributed by atoms with Crippen molar-refractivity contribution in [1.82, 2.24) is 29.1 Å². The number of benzene rings is 10. The normalized spacial score (nSPS) is 11.3. The molecule has 0 saturated heterocycles. The Labute approximate surface area is 519 Å². The molecule has 0 N–H and O–H groups in total. The van der Waals surface area contributed by atoms with Gasteiger partial charge in [0.05, 0.1) is 90.6 Å². The topological polar surface area (TPSA) is 109 Å². The van der Waals surface area contributed by atoms with Crippen LogP contribution in [0.25, 0.3) is 156 Å². The van der Waals surface area contributed by atoms with Crippen LogP contribution in [0.15, 0.2) is 303 Å². The van der Waals surface area contributed by atoms with Crippen molar-refractivity contribution in [3.05, 3.63) is 314 Å². The zero-order valence-electron chi connectivity index (χ0n) is 48.4. The molecule has 0 amide bonds. The summed E-state index contributed by atoms with van der Waals surface area (Å²) in [5.41, 5.74) is 21.7. The molecule has 90 heavy (non-hydrogen) atoms. The molecular formula is C82H50N8. The van der Waals surface area contributed by atoms with Crippen molar-refractivity contribution < 1.29 is 0 Å². The summed E-state index contributed by atoms with van der Waals surface area (Å²) in [7, 11) is 0. The van der Waals surface area contributed by atoms with Gasteiger partial charge in [0.25, 0.3) is 0 Å². The summed E-state index contributed by atoms with van der Waals surface area (Å²) < 4.78 is 4.51. The molecule has 0 unspecified atom stereocenters. The Morgan fingerprint density at radius 3 is 0.889 bits per heavy atom. The van der Waals surface area contributed by atoms with Crippen LogP contribution >= 0.6 is 0 Å². The predicted molar refractivity (Wildman–Crippen MR) is 365 cm³/mol. The van der Waals surface area contributed by atoms with E-state index in [1.54, 1.807) is 0 Å². The van der Waals surface area contributed by atoms with Gasteiger partial charge < -0.3 is 9.13 Å². The number of rotatable bonds is 11. The maximum absolute atomic E-state index is 12.5. The van der Waals surface area contributed by atoms with Crippen LogP contribution in [0.2, 0.25) is 0 Å². The highest BCUT2D eigenvalue weighted by atomic mass is 15.0. The maximum Gasteiger partial charge on any atom is 0.104 e. The van der Waals surface area contributed by atoms with E-state index in [-0.39, 0.29) is 0 Å². The molecule has 418 valence electrons. The minimum atomic E-state index is 0.417. The molecule has 0 saturated carbocycles. The van der Waals surface area contributed by atoms with Crippen molar-refractivity contribution in [3.8, 4) is 125 Å². The van der Waals surface area contributed by atoms with Gasteiger partial charge in [-0.3, -0.25) is 0 Å². The Hall–Kier alpha value is -12.6. The highest BCUT2D eigenvalue weighted by Gasteiger charge is 2.26. The molecule has 0 aliphatic heterocycles. The molecular weight excluding hydrogens is 1100 g/mol. The van der Waals surface area contributed by atoms with Crippen LogP contribution in [0.5, 0.6) is 0 Å². The smallest absolute Gasteiger partial charge is 0.104 e. The average molecular weight is 1150 g/mol. The van der Waals surface area contributed by atoms with E-state index < -0.39 is 0 Å². The summed E-state index contributed by atoms with van der Waals surface area (Å²) in [5, 5.41) is 27.0. The quantitative estimate of drug-likeness (QED) is 0.128. The van der Waals surface area contributed by atoms with E-state index >= 15 is 0 Å². The Balaban J connectivity index is 0.996. The van der Waals surface area contributed by atoms with Crippen molar-refractivity contribution in [2.24, 2.45) is 0 Å². The van der Waals surface area contributed by atoms with Crippen LogP contribution in [0.1, 0.15) is 11.1 Å². The van der Waals surface area contributed by atoms with E-state index in [0.29, 0.717) is 22.5 Å². The first-order valence-electron chi connectivity index (χ1n) is 29.9. The first kappa shape index (κ1) is 52.9. The van der Waals surface area contributed by atoms with Crippen LogP contribution in [0.3, 0.4) is 0 Å². The molecule has 0 bridgehead atoms. The van der Waals surface area contributed by atoms with E-state index in [1.807, 2.05) is 121 Å². The monoisotopic (exact) mass is 1150 g/mol. The zero-order chi connectivity index (χ0) is 60.1. The average Bonchev–Trinajstić information content (AvgIpc) is 1.56. The number of pyridine rings is 4. The predicted octanol–water partition coefficient (Wildman–Crippen LogP) is 20.2. The van der Waals surface area contributed by atoms with E-state index in [9.17, 15) is 10.5 Å². The van der Waals surface area contributed by atoms with Gasteiger partial charge in [0, 0.05) is 71.6 Å². The maximum atomic E-state index is 12.5. The van der Waals surface area contributed by atoms with E-state index in [2.05, 4.69) is 203 Å². The highest BCUT2D eigenvalue weighted by Crippen LogP contribution is 2.45. The van der Waals surface area contributed by atoms with Gasteiger partial charge in [-0.2, -0.15) is 10.5 Å². The summed E-state index contributed by atoms with van der Waals surface area (Å²) in [6.45, 7) is 0. The fourth-order valence-corrected chi connectivity index (χ4v) is 12.7.